The van der Waals surface area contributed by atoms with Crippen molar-refractivity contribution >= 4 is 5.91 Å². The van der Waals surface area contributed by atoms with Crippen LogP contribution in [0.2, 0.25) is 0 Å². The maximum absolute atomic E-state index is 13.2. The highest BCUT2D eigenvalue weighted by Gasteiger charge is 2.16. The third kappa shape index (κ3) is 4.59. The lowest BCUT2D eigenvalue weighted by atomic mass is 10.1. The van der Waals surface area contributed by atoms with E-state index >= 15 is 0 Å². The summed E-state index contributed by atoms with van der Waals surface area (Å²) in [6, 6.07) is 3.64. The van der Waals surface area contributed by atoms with Crippen LogP contribution in [0, 0.1) is 11.6 Å². The Kier molecular flexibility index (Phi) is 5.89. The minimum Gasteiger partial charge on any atom is -0.355 e. The fraction of sp³-hybridized carbons (Fsp3) is 0.500. The fourth-order valence-corrected chi connectivity index (χ4v) is 1.71. The van der Waals surface area contributed by atoms with E-state index in [9.17, 15) is 13.6 Å². The van der Waals surface area contributed by atoms with Gasteiger partial charge in [0.25, 0.3) is 0 Å². The van der Waals surface area contributed by atoms with Crippen LogP contribution in [0.25, 0.3) is 0 Å². The summed E-state index contributed by atoms with van der Waals surface area (Å²) >= 11 is 0. The largest absolute Gasteiger partial charge is 0.355 e. The van der Waals surface area contributed by atoms with Crippen LogP contribution in [-0.2, 0) is 4.79 Å². The number of halogens is 2. The molecule has 0 saturated heterocycles. The molecule has 1 aromatic carbocycles. The van der Waals surface area contributed by atoms with Crippen LogP contribution in [0.15, 0.2) is 18.2 Å². The Morgan fingerprint density at radius 2 is 2.05 bits per heavy atom. The summed E-state index contributed by atoms with van der Waals surface area (Å²) in [5.41, 5.74) is 0.643. The molecule has 1 N–H and O–H groups in total. The minimum absolute atomic E-state index is 0.0706. The first-order chi connectivity index (χ1) is 8.95. The quantitative estimate of drug-likeness (QED) is 0.861. The number of likely N-dealkylation sites (N-methyl/N-ethyl adjacent to an activating group) is 1. The average Bonchev–Trinajstić information content (AvgIpc) is 2.38. The van der Waals surface area contributed by atoms with E-state index in [1.807, 2.05) is 13.8 Å². The van der Waals surface area contributed by atoms with Gasteiger partial charge >= 0.3 is 0 Å². The van der Waals surface area contributed by atoms with Gasteiger partial charge in [0.1, 0.15) is 0 Å². The highest BCUT2D eigenvalue weighted by Crippen LogP contribution is 2.20. The van der Waals surface area contributed by atoms with Gasteiger partial charge in [0.2, 0.25) is 5.91 Å². The molecular formula is C14H20F2N2O. The van der Waals surface area contributed by atoms with Crippen LogP contribution in [0.3, 0.4) is 0 Å². The Morgan fingerprint density at radius 1 is 1.37 bits per heavy atom. The molecule has 0 fully saturated rings. The van der Waals surface area contributed by atoms with Crippen molar-refractivity contribution < 1.29 is 13.6 Å². The van der Waals surface area contributed by atoms with E-state index in [0.717, 1.165) is 12.5 Å². The smallest absolute Gasteiger partial charge is 0.234 e. The van der Waals surface area contributed by atoms with Crippen molar-refractivity contribution in [3.8, 4) is 0 Å². The topological polar surface area (TPSA) is 32.3 Å². The zero-order valence-electron chi connectivity index (χ0n) is 11.5. The molecule has 0 aliphatic carbocycles. The number of nitrogens with one attached hydrogen (secondary N) is 1. The van der Waals surface area contributed by atoms with E-state index in [4.69, 9.17) is 0 Å². The van der Waals surface area contributed by atoms with E-state index in [-0.39, 0.29) is 18.5 Å². The van der Waals surface area contributed by atoms with Crippen molar-refractivity contribution in [2.24, 2.45) is 0 Å². The molecule has 0 spiro atoms. The lowest BCUT2D eigenvalue weighted by Crippen LogP contribution is -2.36. The predicted molar refractivity (Wildman–Crippen MR) is 70.7 cm³/mol. The van der Waals surface area contributed by atoms with Gasteiger partial charge in [-0.05, 0) is 38.1 Å². The summed E-state index contributed by atoms with van der Waals surface area (Å²) in [6.07, 6.45) is 0.883. The van der Waals surface area contributed by atoms with Crippen molar-refractivity contribution in [2.75, 3.05) is 20.1 Å². The zero-order valence-corrected chi connectivity index (χ0v) is 11.5. The summed E-state index contributed by atoms with van der Waals surface area (Å²) in [5.74, 6) is -1.80. The number of benzene rings is 1. The van der Waals surface area contributed by atoms with Gasteiger partial charge in [0.05, 0.1) is 6.54 Å². The summed E-state index contributed by atoms with van der Waals surface area (Å²) < 4.78 is 26.0. The molecule has 0 aliphatic rings. The summed E-state index contributed by atoms with van der Waals surface area (Å²) in [6.45, 7) is 4.69. The molecule has 1 atom stereocenters. The molecule has 19 heavy (non-hydrogen) atoms. The van der Waals surface area contributed by atoms with Gasteiger partial charge in [0, 0.05) is 12.6 Å². The van der Waals surface area contributed by atoms with Crippen molar-refractivity contribution in [2.45, 2.75) is 26.3 Å². The second-order valence-corrected chi connectivity index (χ2v) is 4.61. The molecule has 106 valence electrons. The van der Waals surface area contributed by atoms with Crippen LogP contribution in [0.1, 0.15) is 31.9 Å². The molecule has 3 nitrogen and oxygen atoms in total. The van der Waals surface area contributed by atoms with E-state index in [1.165, 1.54) is 12.1 Å². The Bertz CT molecular complexity index is 437. The number of rotatable bonds is 6. The van der Waals surface area contributed by atoms with Gasteiger partial charge in [0.15, 0.2) is 11.6 Å². The molecule has 0 bridgehead atoms. The number of carbonyl (C=O) groups is 1. The van der Waals surface area contributed by atoms with Gasteiger partial charge in [-0.15, -0.1) is 0 Å². The zero-order chi connectivity index (χ0) is 14.4. The van der Waals surface area contributed by atoms with Crippen molar-refractivity contribution in [1.82, 2.24) is 10.2 Å². The summed E-state index contributed by atoms with van der Waals surface area (Å²) in [4.78, 5) is 13.4. The van der Waals surface area contributed by atoms with Crippen LogP contribution < -0.4 is 5.32 Å². The molecule has 0 aromatic heterocycles. The van der Waals surface area contributed by atoms with E-state index in [1.54, 1.807) is 11.9 Å². The summed E-state index contributed by atoms with van der Waals surface area (Å²) in [5, 5.41) is 2.78. The molecule has 5 heteroatoms. The molecule has 0 heterocycles. The molecule has 1 unspecified atom stereocenters. The monoisotopic (exact) mass is 270 g/mol. The van der Waals surface area contributed by atoms with Crippen molar-refractivity contribution in [3.05, 3.63) is 35.4 Å². The number of nitrogens with zero attached hydrogens (tertiary/aromatic N) is 1. The van der Waals surface area contributed by atoms with E-state index in [0.29, 0.717) is 12.1 Å². The molecule has 0 saturated carbocycles. The first kappa shape index (κ1) is 15.6. The van der Waals surface area contributed by atoms with Crippen LogP contribution in [-0.4, -0.2) is 30.9 Å². The molecular weight excluding hydrogens is 250 g/mol. The molecule has 0 aliphatic heterocycles. The lowest BCUT2D eigenvalue weighted by Gasteiger charge is -2.24. The third-order valence-corrected chi connectivity index (χ3v) is 3.05. The Morgan fingerprint density at radius 3 is 2.63 bits per heavy atom. The molecule has 1 amide bonds. The SMILES string of the molecule is CCCNC(=O)CN(C)C(C)c1ccc(F)c(F)c1. The van der Waals surface area contributed by atoms with Crippen LogP contribution in [0.4, 0.5) is 8.78 Å². The van der Waals surface area contributed by atoms with E-state index < -0.39 is 11.6 Å². The summed E-state index contributed by atoms with van der Waals surface area (Å²) in [7, 11) is 1.78. The number of amides is 1. The van der Waals surface area contributed by atoms with Gasteiger partial charge in [-0.25, -0.2) is 8.78 Å². The maximum Gasteiger partial charge on any atom is 0.234 e. The first-order valence-electron chi connectivity index (χ1n) is 6.37. The average molecular weight is 270 g/mol. The fourth-order valence-electron chi connectivity index (χ4n) is 1.71. The molecule has 1 rings (SSSR count). The Balaban J connectivity index is 2.63. The second kappa shape index (κ2) is 7.19. The minimum atomic E-state index is -0.867. The third-order valence-electron chi connectivity index (χ3n) is 3.05. The lowest BCUT2D eigenvalue weighted by molar-refractivity contribution is -0.122. The van der Waals surface area contributed by atoms with Gasteiger partial charge in [-0.3, -0.25) is 9.69 Å². The van der Waals surface area contributed by atoms with E-state index in [2.05, 4.69) is 5.32 Å². The molecule has 0 radical (unpaired) electrons. The number of hydrogen-bond acceptors (Lipinski definition) is 2. The number of hydrogen-bond donors (Lipinski definition) is 1. The van der Waals surface area contributed by atoms with Gasteiger partial charge in [-0.2, -0.15) is 0 Å². The molecule has 1 aromatic rings. The second-order valence-electron chi connectivity index (χ2n) is 4.61. The highest BCUT2D eigenvalue weighted by atomic mass is 19.2. The van der Waals surface area contributed by atoms with Gasteiger partial charge < -0.3 is 5.32 Å². The van der Waals surface area contributed by atoms with Crippen molar-refractivity contribution in [1.29, 1.82) is 0 Å². The van der Waals surface area contributed by atoms with Crippen molar-refractivity contribution in [3.63, 3.8) is 0 Å². The maximum atomic E-state index is 13.2. The van der Waals surface area contributed by atoms with Crippen LogP contribution >= 0.6 is 0 Å². The first-order valence-corrected chi connectivity index (χ1v) is 6.37. The Hall–Kier alpha value is -1.49. The normalized spacial score (nSPS) is 12.5. The predicted octanol–water partition coefficient (Wildman–Crippen LogP) is 2.48. The standard InChI is InChI=1S/C14H20F2N2O/c1-4-7-17-14(19)9-18(3)10(2)11-5-6-12(15)13(16)8-11/h5-6,8,10H,4,7,9H2,1-3H3,(H,17,19). The van der Waals surface area contributed by atoms with Crippen LogP contribution in [0.5, 0.6) is 0 Å². The highest BCUT2D eigenvalue weighted by molar-refractivity contribution is 5.77. The van der Waals surface area contributed by atoms with Gasteiger partial charge in [-0.1, -0.05) is 13.0 Å². The Labute approximate surface area is 112 Å². The number of carbonyl (C=O) groups excluding carboxylic acids is 1.